The minimum absolute atomic E-state index is 0.134. The molecule has 0 unspecified atom stereocenters. The van der Waals surface area contributed by atoms with Gasteiger partial charge in [-0.15, -0.1) is 0 Å². The third-order valence-electron chi connectivity index (χ3n) is 5.84. The van der Waals surface area contributed by atoms with E-state index in [1.165, 1.54) is 0 Å². The van der Waals surface area contributed by atoms with E-state index >= 15 is 0 Å². The van der Waals surface area contributed by atoms with Crippen LogP contribution in [0.15, 0.2) is 84.8 Å². The SMILES string of the molecule is CCn1cc(/C=C2/Oc3cc(OC/C=C/c4ccccc4)ccc3C2=O)c2cc(OC)ccc21. The zero-order chi connectivity index (χ0) is 23.5. The summed E-state index contributed by atoms with van der Waals surface area (Å²) in [7, 11) is 1.65. The van der Waals surface area contributed by atoms with Gasteiger partial charge in [-0.3, -0.25) is 4.79 Å². The standard InChI is InChI=1S/C29H25NO4/c1-3-30-19-21(25-17-22(32-2)12-14-26(25)30)16-28-29(31)24-13-11-23(18-27(24)34-28)33-15-7-10-20-8-5-4-6-9-20/h4-14,16-19H,3,15H2,1-2H3/b10-7+,28-16+. The maximum Gasteiger partial charge on any atom is 0.231 e. The third-order valence-corrected chi connectivity index (χ3v) is 5.84. The first-order chi connectivity index (χ1) is 16.7. The molecule has 1 aromatic heterocycles. The van der Waals surface area contributed by atoms with Gasteiger partial charge in [0.2, 0.25) is 5.78 Å². The first kappa shape index (κ1) is 21.6. The van der Waals surface area contributed by atoms with E-state index in [4.69, 9.17) is 14.2 Å². The van der Waals surface area contributed by atoms with Crippen molar-refractivity contribution in [3.63, 3.8) is 0 Å². The van der Waals surface area contributed by atoms with Crippen LogP contribution in [-0.2, 0) is 6.54 Å². The molecule has 170 valence electrons. The molecule has 4 aromatic rings. The summed E-state index contributed by atoms with van der Waals surface area (Å²) in [5, 5.41) is 1.01. The predicted octanol–water partition coefficient (Wildman–Crippen LogP) is 6.38. The van der Waals surface area contributed by atoms with E-state index in [-0.39, 0.29) is 5.78 Å². The van der Waals surface area contributed by atoms with Gasteiger partial charge >= 0.3 is 0 Å². The molecule has 0 aliphatic carbocycles. The van der Waals surface area contributed by atoms with Crippen LogP contribution in [0.25, 0.3) is 23.1 Å². The summed E-state index contributed by atoms with van der Waals surface area (Å²) >= 11 is 0. The maximum absolute atomic E-state index is 13.0. The number of carbonyl (C=O) groups is 1. The number of nitrogens with zero attached hydrogens (tertiary/aromatic N) is 1. The highest BCUT2D eigenvalue weighted by Crippen LogP contribution is 2.36. The Bertz CT molecular complexity index is 1410. The summed E-state index contributed by atoms with van der Waals surface area (Å²) < 4.78 is 19.3. The largest absolute Gasteiger partial charge is 0.497 e. The molecule has 0 N–H and O–H groups in total. The number of benzene rings is 3. The van der Waals surface area contributed by atoms with E-state index in [0.717, 1.165) is 34.3 Å². The fourth-order valence-electron chi connectivity index (χ4n) is 4.10. The predicted molar refractivity (Wildman–Crippen MR) is 135 cm³/mol. The topological polar surface area (TPSA) is 49.7 Å². The Balaban J connectivity index is 1.36. The molecule has 5 nitrogen and oxygen atoms in total. The summed E-state index contributed by atoms with van der Waals surface area (Å²) in [5.41, 5.74) is 3.65. The van der Waals surface area contributed by atoms with Gasteiger partial charge in [-0.2, -0.15) is 0 Å². The minimum Gasteiger partial charge on any atom is -0.497 e. The van der Waals surface area contributed by atoms with E-state index in [0.29, 0.717) is 29.4 Å². The first-order valence-corrected chi connectivity index (χ1v) is 11.3. The number of aryl methyl sites for hydroxylation is 1. The minimum atomic E-state index is -0.134. The van der Waals surface area contributed by atoms with Gasteiger partial charge < -0.3 is 18.8 Å². The van der Waals surface area contributed by atoms with Gasteiger partial charge in [0, 0.05) is 35.3 Å². The molecule has 1 aliphatic heterocycles. The number of allylic oxidation sites excluding steroid dienone is 1. The summed E-state index contributed by atoms with van der Waals surface area (Å²) in [6.45, 7) is 3.33. The third kappa shape index (κ3) is 4.20. The van der Waals surface area contributed by atoms with Gasteiger partial charge in [-0.05, 0) is 55.0 Å². The molecule has 5 heteroatoms. The normalized spacial score (nSPS) is 14.1. The first-order valence-electron chi connectivity index (χ1n) is 11.3. The van der Waals surface area contributed by atoms with Crippen molar-refractivity contribution in [2.24, 2.45) is 0 Å². The molecular formula is C29H25NO4. The van der Waals surface area contributed by atoms with E-state index in [1.807, 2.05) is 66.9 Å². The molecule has 34 heavy (non-hydrogen) atoms. The Morgan fingerprint density at radius 2 is 1.82 bits per heavy atom. The molecular weight excluding hydrogens is 426 g/mol. The molecule has 0 saturated carbocycles. The fourth-order valence-corrected chi connectivity index (χ4v) is 4.10. The summed E-state index contributed by atoms with van der Waals surface area (Å²) in [6, 6.07) is 21.3. The van der Waals surface area contributed by atoms with Crippen LogP contribution in [0.1, 0.15) is 28.4 Å². The summed E-state index contributed by atoms with van der Waals surface area (Å²) in [5.74, 6) is 2.10. The molecule has 0 spiro atoms. The highest BCUT2D eigenvalue weighted by atomic mass is 16.5. The lowest BCUT2D eigenvalue weighted by molar-refractivity contribution is 0.101. The van der Waals surface area contributed by atoms with Crippen molar-refractivity contribution in [1.82, 2.24) is 4.57 Å². The molecule has 0 fully saturated rings. The van der Waals surface area contributed by atoms with Crippen molar-refractivity contribution in [3.05, 3.63) is 101 Å². The van der Waals surface area contributed by atoms with Crippen LogP contribution in [0, 0.1) is 0 Å². The zero-order valence-electron chi connectivity index (χ0n) is 19.2. The molecule has 0 amide bonds. The number of ether oxygens (including phenoxy) is 3. The lowest BCUT2D eigenvalue weighted by Gasteiger charge is -2.04. The van der Waals surface area contributed by atoms with Crippen molar-refractivity contribution in [2.75, 3.05) is 13.7 Å². The van der Waals surface area contributed by atoms with Crippen LogP contribution in [0.4, 0.5) is 0 Å². The molecule has 1 aliphatic rings. The van der Waals surface area contributed by atoms with E-state index in [2.05, 4.69) is 11.5 Å². The Kier molecular flexibility index (Phi) is 5.91. The number of carbonyl (C=O) groups excluding carboxylic acids is 1. The second-order valence-corrected chi connectivity index (χ2v) is 7.98. The average molecular weight is 452 g/mol. The Morgan fingerprint density at radius 1 is 1.00 bits per heavy atom. The number of hydrogen-bond donors (Lipinski definition) is 0. The van der Waals surface area contributed by atoms with E-state index < -0.39 is 0 Å². The number of rotatable bonds is 7. The van der Waals surface area contributed by atoms with Crippen molar-refractivity contribution < 1.29 is 19.0 Å². The van der Waals surface area contributed by atoms with Crippen molar-refractivity contribution in [2.45, 2.75) is 13.5 Å². The van der Waals surface area contributed by atoms with Gasteiger partial charge in [0.15, 0.2) is 5.76 Å². The monoisotopic (exact) mass is 451 g/mol. The number of ketones is 1. The smallest absolute Gasteiger partial charge is 0.231 e. The second-order valence-electron chi connectivity index (χ2n) is 7.98. The Morgan fingerprint density at radius 3 is 2.62 bits per heavy atom. The number of hydrogen-bond acceptors (Lipinski definition) is 4. The van der Waals surface area contributed by atoms with Gasteiger partial charge in [0.05, 0.1) is 12.7 Å². The maximum atomic E-state index is 13.0. The van der Waals surface area contributed by atoms with Gasteiger partial charge in [-0.1, -0.05) is 36.4 Å². The lowest BCUT2D eigenvalue weighted by atomic mass is 10.1. The molecule has 0 atom stereocenters. The van der Waals surface area contributed by atoms with Crippen LogP contribution in [0.5, 0.6) is 17.2 Å². The molecule has 0 bridgehead atoms. The summed E-state index contributed by atoms with van der Waals surface area (Å²) in [4.78, 5) is 13.0. The Labute approximate surface area is 198 Å². The molecule has 0 saturated heterocycles. The molecule has 3 aromatic carbocycles. The van der Waals surface area contributed by atoms with Crippen LogP contribution in [0.2, 0.25) is 0 Å². The van der Waals surface area contributed by atoms with Crippen LogP contribution in [0.3, 0.4) is 0 Å². The van der Waals surface area contributed by atoms with Gasteiger partial charge in [0.1, 0.15) is 23.9 Å². The van der Waals surface area contributed by atoms with Gasteiger partial charge in [0.25, 0.3) is 0 Å². The van der Waals surface area contributed by atoms with Crippen LogP contribution >= 0.6 is 0 Å². The number of fused-ring (bicyclic) bond motifs is 2. The van der Waals surface area contributed by atoms with Crippen LogP contribution in [-0.4, -0.2) is 24.1 Å². The van der Waals surface area contributed by atoms with Crippen molar-refractivity contribution in [1.29, 1.82) is 0 Å². The zero-order valence-corrected chi connectivity index (χ0v) is 19.2. The fraction of sp³-hybridized carbons (Fsp3) is 0.138. The highest BCUT2D eigenvalue weighted by Gasteiger charge is 2.28. The quantitative estimate of drug-likeness (QED) is 0.306. The lowest BCUT2D eigenvalue weighted by Crippen LogP contribution is -1.98. The second kappa shape index (κ2) is 9.32. The number of aromatic nitrogens is 1. The Hall–Kier alpha value is -4.25. The molecule has 2 heterocycles. The van der Waals surface area contributed by atoms with Crippen molar-refractivity contribution in [3.8, 4) is 17.2 Å². The van der Waals surface area contributed by atoms with Crippen molar-refractivity contribution >= 4 is 28.8 Å². The molecule has 0 radical (unpaired) electrons. The number of Topliss-reactive ketones (excluding diaryl/α,β-unsaturated/α-hetero) is 1. The average Bonchev–Trinajstić information content (AvgIpc) is 3.38. The van der Waals surface area contributed by atoms with Gasteiger partial charge in [-0.25, -0.2) is 0 Å². The highest BCUT2D eigenvalue weighted by molar-refractivity contribution is 6.15. The number of methoxy groups -OCH3 is 1. The van der Waals surface area contributed by atoms with E-state index in [1.54, 1.807) is 31.4 Å². The van der Waals surface area contributed by atoms with E-state index in [9.17, 15) is 4.79 Å². The molecule has 5 rings (SSSR count). The summed E-state index contributed by atoms with van der Waals surface area (Å²) in [6.07, 6.45) is 7.80. The van der Waals surface area contributed by atoms with Crippen LogP contribution < -0.4 is 14.2 Å².